The van der Waals surface area contributed by atoms with Crippen LogP contribution in [0.25, 0.3) is 0 Å². The van der Waals surface area contributed by atoms with E-state index in [1.165, 1.54) is 0 Å². The van der Waals surface area contributed by atoms with Crippen molar-refractivity contribution in [2.45, 2.75) is 20.3 Å². The van der Waals surface area contributed by atoms with Gasteiger partial charge in [0.15, 0.2) is 0 Å². The predicted molar refractivity (Wildman–Crippen MR) is 44.4 cm³/mol. The fraction of sp³-hybridized carbons (Fsp3) is 0.857. The number of thiol groups is 1. The van der Waals surface area contributed by atoms with E-state index in [1.807, 2.05) is 13.8 Å². The van der Waals surface area contributed by atoms with Crippen LogP contribution >= 0.6 is 12.6 Å². The molecule has 0 aliphatic rings. The van der Waals surface area contributed by atoms with Crippen LogP contribution in [0.2, 0.25) is 0 Å². The lowest BCUT2D eigenvalue weighted by Crippen LogP contribution is -2.17. The van der Waals surface area contributed by atoms with Crippen molar-refractivity contribution in [3.8, 4) is 0 Å². The van der Waals surface area contributed by atoms with Crippen molar-refractivity contribution in [3.63, 3.8) is 0 Å². The van der Waals surface area contributed by atoms with Gasteiger partial charge in [-0.25, -0.2) is 0 Å². The summed E-state index contributed by atoms with van der Waals surface area (Å²) in [5.41, 5.74) is 0. The minimum Gasteiger partial charge on any atom is -0.481 e. The molecule has 0 aromatic heterocycles. The molecule has 0 amide bonds. The van der Waals surface area contributed by atoms with E-state index in [2.05, 4.69) is 12.6 Å². The molecule has 0 saturated carbocycles. The molecule has 0 aromatic rings. The van der Waals surface area contributed by atoms with Crippen LogP contribution in [0, 0.1) is 11.8 Å². The fourth-order valence-electron chi connectivity index (χ4n) is 0.822. The summed E-state index contributed by atoms with van der Waals surface area (Å²) in [6.45, 7) is 4.03. The van der Waals surface area contributed by atoms with E-state index in [0.29, 0.717) is 11.7 Å². The maximum atomic E-state index is 10.4. The summed E-state index contributed by atoms with van der Waals surface area (Å²) in [7, 11) is 0. The second kappa shape index (κ2) is 4.61. The Kier molecular flexibility index (Phi) is 4.52. The van der Waals surface area contributed by atoms with Crippen LogP contribution in [0.5, 0.6) is 0 Å². The topological polar surface area (TPSA) is 37.3 Å². The van der Waals surface area contributed by atoms with E-state index in [4.69, 9.17) is 5.11 Å². The number of hydrogen-bond acceptors (Lipinski definition) is 2. The van der Waals surface area contributed by atoms with Crippen LogP contribution < -0.4 is 0 Å². The number of rotatable bonds is 4. The van der Waals surface area contributed by atoms with Gasteiger partial charge in [-0.1, -0.05) is 13.8 Å². The first-order valence-electron chi connectivity index (χ1n) is 3.41. The van der Waals surface area contributed by atoms with Crippen LogP contribution in [-0.4, -0.2) is 16.8 Å². The lowest BCUT2D eigenvalue weighted by Gasteiger charge is -2.10. The highest BCUT2D eigenvalue weighted by atomic mass is 32.1. The summed E-state index contributed by atoms with van der Waals surface area (Å²) in [4.78, 5) is 10.4. The monoisotopic (exact) mass is 162 g/mol. The van der Waals surface area contributed by atoms with Crippen molar-refractivity contribution < 1.29 is 9.90 Å². The maximum Gasteiger partial charge on any atom is 0.307 e. The van der Waals surface area contributed by atoms with Gasteiger partial charge in [0.2, 0.25) is 0 Å². The zero-order chi connectivity index (χ0) is 8.15. The van der Waals surface area contributed by atoms with Gasteiger partial charge in [-0.2, -0.15) is 12.6 Å². The van der Waals surface area contributed by atoms with E-state index in [9.17, 15) is 4.79 Å². The quantitative estimate of drug-likeness (QED) is 0.617. The van der Waals surface area contributed by atoms with Crippen molar-refractivity contribution in [3.05, 3.63) is 0 Å². The zero-order valence-electron chi connectivity index (χ0n) is 6.37. The molecule has 0 aromatic carbocycles. The molecule has 0 aliphatic carbocycles. The molecule has 0 aliphatic heterocycles. The van der Waals surface area contributed by atoms with Crippen LogP contribution in [0.1, 0.15) is 20.3 Å². The van der Waals surface area contributed by atoms with Gasteiger partial charge < -0.3 is 5.11 Å². The minimum absolute atomic E-state index is 0.275. The van der Waals surface area contributed by atoms with Gasteiger partial charge >= 0.3 is 5.97 Å². The highest BCUT2D eigenvalue weighted by Crippen LogP contribution is 2.12. The van der Waals surface area contributed by atoms with E-state index in [-0.39, 0.29) is 5.92 Å². The van der Waals surface area contributed by atoms with Crippen LogP contribution in [0.4, 0.5) is 0 Å². The van der Waals surface area contributed by atoms with Crippen molar-refractivity contribution in [1.82, 2.24) is 0 Å². The Balaban J connectivity index is 3.72. The number of hydrogen-bond donors (Lipinski definition) is 2. The third-order valence-corrected chi connectivity index (χ3v) is 1.77. The summed E-state index contributed by atoms with van der Waals surface area (Å²) in [5.74, 6) is -0.131. The van der Waals surface area contributed by atoms with Crippen molar-refractivity contribution in [1.29, 1.82) is 0 Å². The highest BCUT2D eigenvalue weighted by molar-refractivity contribution is 7.80. The van der Waals surface area contributed by atoms with Gasteiger partial charge in [-0.15, -0.1) is 0 Å². The molecule has 0 bridgehead atoms. The van der Waals surface area contributed by atoms with Gasteiger partial charge in [0.1, 0.15) is 0 Å². The molecule has 3 heteroatoms. The van der Waals surface area contributed by atoms with Crippen molar-refractivity contribution in [2.24, 2.45) is 11.8 Å². The van der Waals surface area contributed by atoms with Gasteiger partial charge in [-0.05, 0) is 12.3 Å². The molecule has 0 unspecified atom stereocenters. The van der Waals surface area contributed by atoms with Crippen molar-refractivity contribution in [2.75, 3.05) is 5.75 Å². The molecule has 1 N–H and O–H groups in total. The standard InChI is InChI=1S/C7H14O2S/c1-5(2)3-6(4-10)7(8)9/h5-6,10H,3-4H2,1-2H3,(H,8,9)/t6-/m0/s1. The Hall–Kier alpha value is -0.180. The second-order valence-corrected chi connectivity index (χ2v) is 3.21. The molecule has 0 heterocycles. The molecule has 0 fully saturated rings. The largest absolute Gasteiger partial charge is 0.481 e. The van der Waals surface area contributed by atoms with Gasteiger partial charge in [0.25, 0.3) is 0 Å². The number of aliphatic carboxylic acids is 1. The molecule has 10 heavy (non-hydrogen) atoms. The Morgan fingerprint density at radius 1 is 1.60 bits per heavy atom. The Labute approximate surface area is 67.0 Å². The Morgan fingerprint density at radius 2 is 2.10 bits per heavy atom. The molecule has 2 nitrogen and oxygen atoms in total. The van der Waals surface area contributed by atoms with Gasteiger partial charge in [-0.3, -0.25) is 4.79 Å². The second-order valence-electron chi connectivity index (χ2n) is 2.85. The maximum absolute atomic E-state index is 10.4. The number of carboxylic acid groups (broad SMARTS) is 1. The smallest absolute Gasteiger partial charge is 0.307 e. The average molecular weight is 162 g/mol. The minimum atomic E-state index is -0.733. The van der Waals surface area contributed by atoms with Crippen LogP contribution in [0.15, 0.2) is 0 Å². The zero-order valence-corrected chi connectivity index (χ0v) is 7.27. The third kappa shape index (κ3) is 3.77. The van der Waals surface area contributed by atoms with Crippen LogP contribution in [-0.2, 0) is 4.79 Å². The van der Waals surface area contributed by atoms with Gasteiger partial charge in [0, 0.05) is 5.75 Å². The molecule has 0 saturated heterocycles. The predicted octanol–water partition coefficient (Wildman–Crippen LogP) is 1.66. The summed E-state index contributed by atoms with van der Waals surface area (Å²) >= 11 is 3.95. The summed E-state index contributed by atoms with van der Waals surface area (Å²) < 4.78 is 0. The number of carboxylic acids is 1. The average Bonchev–Trinajstić information content (AvgIpc) is 1.81. The fourth-order valence-corrected chi connectivity index (χ4v) is 1.13. The molecule has 0 spiro atoms. The lowest BCUT2D eigenvalue weighted by atomic mass is 9.99. The number of carbonyl (C=O) groups is 1. The van der Waals surface area contributed by atoms with Crippen LogP contribution in [0.3, 0.4) is 0 Å². The first kappa shape index (κ1) is 9.82. The van der Waals surface area contributed by atoms with Crippen molar-refractivity contribution >= 4 is 18.6 Å². The molecule has 0 rings (SSSR count). The summed E-state index contributed by atoms with van der Waals surface area (Å²) in [6, 6.07) is 0. The normalized spacial score (nSPS) is 13.6. The van der Waals surface area contributed by atoms with Gasteiger partial charge in [0.05, 0.1) is 5.92 Å². The van der Waals surface area contributed by atoms with E-state index >= 15 is 0 Å². The third-order valence-electron chi connectivity index (χ3n) is 1.33. The first-order chi connectivity index (χ1) is 4.57. The Morgan fingerprint density at radius 3 is 2.20 bits per heavy atom. The lowest BCUT2D eigenvalue weighted by molar-refractivity contribution is -0.141. The van der Waals surface area contributed by atoms with E-state index in [1.54, 1.807) is 0 Å². The molecule has 60 valence electrons. The molecule has 1 atom stereocenters. The molecular weight excluding hydrogens is 148 g/mol. The highest BCUT2D eigenvalue weighted by Gasteiger charge is 2.16. The van der Waals surface area contributed by atoms with E-state index in [0.717, 1.165) is 6.42 Å². The molecule has 0 radical (unpaired) electrons. The summed E-state index contributed by atoms with van der Waals surface area (Å²) in [6.07, 6.45) is 0.721. The summed E-state index contributed by atoms with van der Waals surface area (Å²) in [5, 5.41) is 8.57. The van der Waals surface area contributed by atoms with E-state index < -0.39 is 5.97 Å². The molecular formula is C7H14O2S. The Bertz CT molecular complexity index is 112. The first-order valence-corrected chi connectivity index (χ1v) is 4.04. The SMILES string of the molecule is CC(C)C[C@@H](CS)C(=O)O.